The molecule has 0 aromatic heterocycles. The summed E-state index contributed by atoms with van der Waals surface area (Å²) in [6.45, 7) is 5.79. The number of nitrogens with one attached hydrogen (secondary N) is 1. The lowest BCUT2D eigenvalue weighted by Gasteiger charge is -2.39. The lowest BCUT2D eigenvalue weighted by Crippen LogP contribution is -2.59. The SMILES string of the molecule is CC(C)(C)OC(=O)N1CCN(OC(=O)c2ccccc2)C(C(=O)Nc2ccccc2)C1. The fourth-order valence-corrected chi connectivity index (χ4v) is 3.06. The van der Waals surface area contributed by atoms with Gasteiger partial charge in [0.1, 0.15) is 11.6 Å². The molecular weight excluding hydrogens is 398 g/mol. The molecule has 0 bridgehead atoms. The van der Waals surface area contributed by atoms with Crippen LogP contribution in [0.5, 0.6) is 0 Å². The molecule has 164 valence electrons. The van der Waals surface area contributed by atoms with Gasteiger partial charge in [-0.25, -0.2) is 9.59 Å². The molecule has 0 spiro atoms. The Labute approximate surface area is 181 Å². The normalized spacial score (nSPS) is 17.0. The van der Waals surface area contributed by atoms with E-state index in [9.17, 15) is 14.4 Å². The van der Waals surface area contributed by atoms with Crippen LogP contribution in [-0.4, -0.2) is 59.2 Å². The van der Waals surface area contributed by atoms with Crippen LogP contribution >= 0.6 is 0 Å². The first-order valence-corrected chi connectivity index (χ1v) is 10.1. The third kappa shape index (κ3) is 6.29. The van der Waals surface area contributed by atoms with Gasteiger partial charge in [-0.2, -0.15) is 0 Å². The number of piperazine rings is 1. The summed E-state index contributed by atoms with van der Waals surface area (Å²) in [6.07, 6.45) is -0.515. The number of hydrogen-bond donors (Lipinski definition) is 1. The minimum Gasteiger partial charge on any atom is -0.444 e. The molecule has 1 atom stereocenters. The van der Waals surface area contributed by atoms with Crippen molar-refractivity contribution in [1.82, 2.24) is 9.96 Å². The van der Waals surface area contributed by atoms with Crippen molar-refractivity contribution < 1.29 is 24.0 Å². The number of nitrogens with zero attached hydrogens (tertiary/aromatic N) is 2. The molecule has 1 aliphatic rings. The molecule has 1 unspecified atom stereocenters. The molecule has 8 nitrogen and oxygen atoms in total. The molecule has 1 fully saturated rings. The third-order valence-corrected chi connectivity index (χ3v) is 4.54. The molecule has 0 aliphatic carbocycles. The molecular formula is C23H27N3O5. The molecule has 8 heteroatoms. The van der Waals surface area contributed by atoms with Crippen molar-refractivity contribution in [2.45, 2.75) is 32.4 Å². The average molecular weight is 425 g/mol. The smallest absolute Gasteiger partial charge is 0.410 e. The molecule has 2 amide bonds. The maximum absolute atomic E-state index is 13.0. The number of amides is 2. The minimum absolute atomic E-state index is 0.0235. The molecule has 1 N–H and O–H groups in total. The fourth-order valence-electron chi connectivity index (χ4n) is 3.06. The number of para-hydroxylation sites is 1. The van der Waals surface area contributed by atoms with Gasteiger partial charge >= 0.3 is 12.1 Å². The van der Waals surface area contributed by atoms with Gasteiger partial charge in [0, 0.05) is 12.2 Å². The second kappa shape index (κ2) is 9.61. The van der Waals surface area contributed by atoms with Gasteiger partial charge in [-0.05, 0) is 45.0 Å². The second-order valence-electron chi connectivity index (χ2n) is 8.18. The van der Waals surface area contributed by atoms with E-state index < -0.39 is 23.7 Å². The van der Waals surface area contributed by atoms with E-state index in [0.717, 1.165) is 0 Å². The van der Waals surface area contributed by atoms with Crippen LogP contribution in [0.25, 0.3) is 0 Å². The number of carbonyl (C=O) groups is 3. The molecule has 2 aromatic rings. The topological polar surface area (TPSA) is 88.2 Å². The summed E-state index contributed by atoms with van der Waals surface area (Å²) in [6, 6.07) is 16.6. The summed E-state index contributed by atoms with van der Waals surface area (Å²) in [5, 5.41) is 4.14. The number of hydroxylamine groups is 2. The number of benzene rings is 2. The van der Waals surface area contributed by atoms with E-state index >= 15 is 0 Å². The highest BCUT2D eigenvalue weighted by molar-refractivity contribution is 5.95. The van der Waals surface area contributed by atoms with Crippen LogP contribution in [0.1, 0.15) is 31.1 Å². The van der Waals surface area contributed by atoms with E-state index in [-0.39, 0.29) is 25.5 Å². The Bertz CT molecular complexity index is 912. The van der Waals surface area contributed by atoms with Crippen LogP contribution in [-0.2, 0) is 14.4 Å². The summed E-state index contributed by atoms with van der Waals surface area (Å²) >= 11 is 0. The van der Waals surface area contributed by atoms with Crippen LogP contribution in [0.2, 0.25) is 0 Å². The zero-order chi connectivity index (χ0) is 22.4. The van der Waals surface area contributed by atoms with Crippen LogP contribution in [0.15, 0.2) is 60.7 Å². The lowest BCUT2D eigenvalue weighted by atomic mass is 10.1. The molecule has 1 aliphatic heterocycles. The molecule has 2 aromatic carbocycles. The monoisotopic (exact) mass is 425 g/mol. The molecule has 0 radical (unpaired) electrons. The number of carbonyl (C=O) groups excluding carboxylic acids is 3. The van der Waals surface area contributed by atoms with E-state index in [2.05, 4.69) is 5.32 Å². The van der Waals surface area contributed by atoms with Gasteiger partial charge in [0.25, 0.3) is 0 Å². The Morgan fingerprint density at radius 3 is 2.16 bits per heavy atom. The molecule has 0 saturated carbocycles. The van der Waals surface area contributed by atoms with Crippen LogP contribution < -0.4 is 5.32 Å². The van der Waals surface area contributed by atoms with Crippen molar-refractivity contribution in [3.63, 3.8) is 0 Å². The summed E-state index contributed by atoms with van der Waals surface area (Å²) in [5.74, 6) is -0.954. The number of anilines is 1. The molecule has 1 saturated heterocycles. The quantitative estimate of drug-likeness (QED) is 0.809. The predicted octanol–water partition coefficient (Wildman–Crippen LogP) is 3.32. The van der Waals surface area contributed by atoms with E-state index in [1.165, 1.54) is 9.96 Å². The van der Waals surface area contributed by atoms with Gasteiger partial charge < -0.3 is 19.8 Å². The standard InChI is InChI=1S/C23H27N3O5/c1-23(2,3)30-22(29)25-14-15-26(31-21(28)17-10-6-4-7-11-17)19(16-25)20(27)24-18-12-8-5-9-13-18/h4-13,19H,14-16H2,1-3H3,(H,24,27). The van der Waals surface area contributed by atoms with Crippen molar-refractivity contribution in [3.05, 3.63) is 66.2 Å². The van der Waals surface area contributed by atoms with Crippen LogP contribution in [0, 0.1) is 0 Å². The van der Waals surface area contributed by atoms with Crippen molar-refractivity contribution in [2.24, 2.45) is 0 Å². The highest BCUT2D eigenvalue weighted by Crippen LogP contribution is 2.18. The third-order valence-electron chi connectivity index (χ3n) is 4.54. The summed E-state index contributed by atoms with van der Waals surface area (Å²) in [7, 11) is 0. The van der Waals surface area contributed by atoms with Gasteiger partial charge in [0.05, 0.1) is 18.7 Å². The first-order valence-electron chi connectivity index (χ1n) is 10.1. The van der Waals surface area contributed by atoms with Gasteiger partial charge in [0.15, 0.2) is 0 Å². The summed E-state index contributed by atoms with van der Waals surface area (Å²) in [4.78, 5) is 45.1. The van der Waals surface area contributed by atoms with E-state index in [4.69, 9.17) is 9.57 Å². The predicted molar refractivity (Wildman–Crippen MR) is 115 cm³/mol. The Balaban J connectivity index is 1.76. The van der Waals surface area contributed by atoms with E-state index in [1.54, 1.807) is 75.4 Å². The van der Waals surface area contributed by atoms with Crippen molar-refractivity contribution in [2.75, 3.05) is 25.0 Å². The van der Waals surface area contributed by atoms with Gasteiger partial charge in [-0.15, -0.1) is 5.06 Å². The first-order chi connectivity index (χ1) is 14.7. The Morgan fingerprint density at radius 1 is 0.935 bits per heavy atom. The molecule has 31 heavy (non-hydrogen) atoms. The summed E-state index contributed by atoms with van der Waals surface area (Å²) in [5.41, 5.74) is 0.325. The van der Waals surface area contributed by atoms with Gasteiger partial charge in [0.2, 0.25) is 5.91 Å². The Kier molecular flexibility index (Phi) is 6.91. The average Bonchev–Trinajstić information content (AvgIpc) is 2.74. The Hall–Kier alpha value is -3.39. The van der Waals surface area contributed by atoms with E-state index in [1.807, 2.05) is 6.07 Å². The van der Waals surface area contributed by atoms with Crippen molar-refractivity contribution >= 4 is 23.7 Å². The van der Waals surface area contributed by atoms with Crippen LogP contribution in [0.3, 0.4) is 0 Å². The zero-order valence-electron chi connectivity index (χ0n) is 17.9. The molecule has 1 heterocycles. The second-order valence-corrected chi connectivity index (χ2v) is 8.18. The zero-order valence-corrected chi connectivity index (χ0v) is 17.9. The minimum atomic E-state index is -0.894. The van der Waals surface area contributed by atoms with Gasteiger partial charge in [-0.1, -0.05) is 36.4 Å². The van der Waals surface area contributed by atoms with Crippen LogP contribution in [0.4, 0.5) is 10.5 Å². The highest BCUT2D eigenvalue weighted by atomic mass is 16.7. The maximum Gasteiger partial charge on any atom is 0.410 e. The number of ether oxygens (including phenoxy) is 1. The number of hydrogen-bond acceptors (Lipinski definition) is 6. The highest BCUT2D eigenvalue weighted by Gasteiger charge is 2.38. The first kappa shape index (κ1) is 22.3. The van der Waals surface area contributed by atoms with Crippen molar-refractivity contribution in [1.29, 1.82) is 0 Å². The largest absolute Gasteiger partial charge is 0.444 e. The fraction of sp³-hybridized carbons (Fsp3) is 0.348. The van der Waals surface area contributed by atoms with Crippen molar-refractivity contribution in [3.8, 4) is 0 Å². The maximum atomic E-state index is 13.0. The number of rotatable bonds is 4. The Morgan fingerprint density at radius 2 is 1.55 bits per heavy atom. The summed E-state index contributed by atoms with van der Waals surface area (Å²) < 4.78 is 5.44. The van der Waals surface area contributed by atoms with E-state index in [0.29, 0.717) is 11.3 Å². The molecule has 3 rings (SSSR count). The van der Waals surface area contributed by atoms with Gasteiger partial charge in [-0.3, -0.25) is 4.79 Å². The lowest BCUT2D eigenvalue weighted by molar-refractivity contribution is -0.168.